The van der Waals surface area contributed by atoms with Gasteiger partial charge in [0.1, 0.15) is 5.75 Å². The summed E-state index contributed by atoms with van der Waals surface area (Å²) >= 11 is 0. The fourth-order valence-corrected chi connectivity index (χ4v) is 2.08. The van der Waals surface area contributed by atoms with Gasteiger partial charge in [0.05, 0.1) is 6.04 Å². The molecule has 1 aromatic rings. The van der Waals surface area contributed by atoms with Gasteiger partial charge in [-0.05, 0) is 31.5 Å². The zero-order valence-electron chi connectivity index (χ0n) is 10.2. The summed E-state index contributed by atoms with van der Waals surface area (Å²) in [5, 5.41) is 14.5. The predicted octanol–water partition coefficient (Wildman–Crippen LogP) is 1.61. The number of hydrogen-bond acceptors (Lipinski definition) is 3. The van der Waals surface area contributed by atoms with Crippen LogP contribution in [0.25, 0.3) is 0 Å². The van der Waals surface area contributed by atoms with Crippen LogP contribution < -0.4 is 10.6 Å². The molecule has 0 saturated heterocycles. The van der Waals surface area contributed by atoms with Crippen LogP contribution >= 0.6 is 0 Å². The molecule has 2 amide bonds. The lowest BCUT2D eigenvalue weighted by Gasteiger charge is -2.28. The molecule has 0 radical (unpaired) electrons. The van der Waals surface area contributed by atoms with Gasteiger partial charge in [0, 0.05) is 11.3 Å². The first-order valence-electron chi connectivity index (χ1n) is 5.57. The first-order valence-corrected chi connectivity index (χ1v) is 5.57. The van der Waals surface area contributed by atoms with Crippen LogP contribution in [0.1, 0.15) is 25.5 Å². The minimum absolute atomic E-state index is 0.0990. The number of benzene rings is 1. The minimum Gasteiger partial charge on any atom is -0.508 e. The van der Waals surface area contributed by atoms with Crippen molar-refractivity contribution in [3.8, 4) is 5.75 Å². The number of phenolic OH excluding ortho intramolecular Hbond substituents is 1. The molecule has 94 valence electrons. The number of rotatable bonds is 2. The molecule has 0 saturated carbocycles. The summed E-state index contributed by atoms with van der Waals surface area (Å²) in [6.07, 6.45) is 0. The number of carbonyl (C=O) groups is 2. The summed E-state index contributed by atoms with van der Waals surface area (Å²) in [4.78, 5) is 23.1. The lowest BCUT2D eigenvalue weighted by Crippen LogP contribution is -2.44. The fourth-order valence-electron chi connectivity index (χ4n) is 2.08. The van der Waals surface area contributed by atoms with Crippen LogP contribution in [0.5, 0.6) is 5.75 Å². The molecule has 0 bridgehead atoms. The fraction of sp³-hybridized carbons (Fsp3) is 0.231. The average molecular weight is 246 g/mol. The number of allylic oxidation sites excluding steroid dienone is 1. The molecule has 1 heterocycles. The van der Waals surface area contributed by atoms with Crippen molar-refractivity contribution in [2.24, 2.45) is 0 Å². The molecule has 0 fully saturated rings. The lowest BCUT2D eigenvalue weighted by atomic mass is 9.93. The molecule has 5 heteroatoms. The van der Waals surface area contributed by atoms with E-state index in [0.29, 0.717) is 11.3 Å². The Morgan fingerprint density at radius 1 is 1.28 bits per heavy atom. The highest BCUT2D eigenvalue weighted by Crippen LogP contribution is 2.27. The van der Waals surface area contributed by atoms with E-state index in [1.807, 2.05) is 0 Å². The van der Waals surface area contributed by atoms with Gasteiger partial charge in [-0.2, -0.15) is 0 Å². The molecule has 1 aromatic carbocycles. The molecular formula is C13H14N2O3. The van der Waals surface area contributed by atoms with Crippen molar-refractivity contribution >= 4 is 11.8 Å². The Bertz CT molecular complexity index is 532. The Kier molecular flexibility index (Phi) is 3.06. The predicted molar refractivity (Wildman–Crippen MR) is 65.9 cm³/mol. The van der Waals surface area contributed by atoms with E-state index in [0.717, 1.165) is 5.56 Å². The number of phenols is 1. The third kappa shape index (κ3) is 2.20. The smallest absolute Gasteiger partial charge is 0.319 e. The van der Waals surface area contributed by atoms with Crippen LogP contribution in [0.4, 0.5) is 4.79 Å². The van der Waals surface area contributed by atoms with Crippen molar-refractivity contribution in [3.63, 3.8) is 0 Å². The van der Waals surface area contributed by atoms with Crippen LogP contribution in [-0.4, -0.2) is 16.9 Å². The second-order valence-electron chi connectivity index (χ2n) is 4.22. The highest BCUT2D eigenvalue weighted by molar-refractivity contribution is 5.98. The maximum Gasteiger partial charge on any atom is 0.319 e. The zero-order valence-corrected chi connectivity index (χ0v) is 10.2. The molecule has 1 aliphatic rings. The first-order chi connectivity index (χ1) is 8.49. The largest absolute Gasteiger partial charge is 0.508 e. The highest BCUT2D eigenvalue weighted by Gasteiger charge is 2.28. The molecule has 2 rings (SSSR count). The highest BCUT2D eigenvalue weighted by atomic mass is 16.3. The second-order valence-corrected chi connectivity index (χ2v) is 4.22. The van der Waals surface area contributed by atoms with E-state index in [4.69, 9.17) is 0 Å². The number of urea groups is 1. The summed E-state index contributed by atoms with van der Waals surface area (Å²) in [5.74, 6) is 0.0437. The number of carbonyl (C=O) groups excluding carboxylic acids is 2. The monoisotopic (exact) mass is 246 g/mol. The summed E-state index contributed by atoms with van der Waals surface area (Å²) < 4.78 is 0. The van der Waals surface area contributed by atoms with Crippen LogP contribution in [0, 0.1) is 0 Å². The molecule has 0 spiro atoms. The Hall–Kier alpha value is -2.30. The minimum atomic E-state index is -0.475. The topological polar surface area (TPSA) is 78.4 Å². The van der Waals surface area contributed by atoms with Crippen molar-refractivity contribution in [2.45, 2.75) is 19.9 Å². The maximum atomic E-state index is 11.7. The van der Waals surface area contributed by atoms with E-state index in [1.54, 1.807) is 19.1 Å². The standard InChI is InChI=1S/C13H14N2O3/c1-7-11(8(2)16)12(15-13(18)14-7)9-3-5-10(17)6-4-9/h3-6,12,17H,1-2H3,(H2,14,15,18)/t12-/m0/s1. The van der Waals surface area contributed by atoms with Gasteiger partial charge in [-0.15, -0.1) is 0 Å². The Balaban J connectivity index is 2.46. The molecular weight excluding hydrogens is 232 g/mol. The molecule has 5 nitrogen and oxygen atoms in total. The van der Waals surface area contributed by atoms with E-state index in [1.165, 1.54) is 19.1 Å². The van der Waals surface area contributed by atoms with Gasteiger partial charge in [-0.3, -0.25) is 4.79 Å². The Labute approximate surface area is 105 Å². The number of amides is 2. The van der Waals surface area contributed by atoms with E-state index < -0.39 is 6.04 Å². The van der Waals surface area contributed by atoms with Crippen LogP contribution in [-0.2, 0) is 4.79 Å². The third-order valence-electron chi connectivity index (χ3n) is 2.87. The molecule has 0 aliphatic carbocycles. The molecule has 0 unspecified atom stereocenters. The Morgan fingerprint density at radius 2 is 1.89 bits per heavy atom. The number of aromatic hydroxyl groups is 1. The second kappa shape index (κ2) is 4.52. The zero-order chi connectivity index (χ0) is 13.3. The summed E-state index contributed by atoms with van der Waals surface area (Å²) in [7, 11) is 0. The van der Waals surface area contributed by atoms with E-state index in [9.17, 15) is 14.7 Å². The van der Waals surface area contributed by atoms with Crippen molar-refractivity contribution < 1.29 is 14.7 Å². The average Bonchev–Trinajstić information content (AvgIpc) is 2.28. The van der Waals surface area contributed by atoms with Gasteiger partial charge in [0.2, 0.25) is 0 Å². The van der Waals surface area contributed by atoms with Gasteiger partial charge >= 0.3 is 6.03 Å². The van der Waals surface area contributed by atoms with Crippen LogP contribution in [0.15, 0.2) is 35.5 Å². The van der Waals surface area contributed by atoms with Gasteiger partial charge in [-0.1, -0.05) is 12.1 Å². The van der Waals surface area contributed by atoms with Gasteiger partial charge in [-0.25, -0.2) is 4.79 Å². The van der Waals surface area contributed by atoms with Crippen molar-refractivity contribution in [3.05, 3.63) is 41.1 Å². The Morgan fingerprint density at radius 3 is 2.44 bits per heavy atom. The van der Waals surface area contributed by atoms with Gasteiger partial charge in [0.25, 0.3) is 0 Å². The number of ketones is 1. The SMILES string of the molecule is CC(=O)C1=C(C)NC(=O)N[C@H]1c1ccc(O)cc1. The van der Waals surface area contributed by atoms with Gasteiger partial charge < -0.3 is 15.7 Å². The molecule has 1 aliphatic heterocycles. The summed E-state index contributed by atoms with van der Waals surface area (Å²) in [6.45, 7) is 3.16. The van der Waals surface area contributed by atoms with Crippen molar-refractivity contribution in [2.75, 3.05) is 0 Å². The van der Waals surface area contributed by atoms with E-state index in [2.05, 4.69) is 10.6 Å². The lowest BCUT2D eigenvalue weighted by molar-refractivity contribution is -0.114. The van der Waals surface area contributed by atoms with E-state index in [-0.39, 0.29) is 17.6 Å². The molecule has 3 N–H and O–H groups in total. The third-order valence-corrected chi connectivity index (χ3v) is 2.87. The molecule has 0 aromatic heterocycles. The van der Waals surface area contributed by atoms with Crippen LogP contribution in [0.3, 0.4) is 0 Å². The molecule has 1 atom stereocenters. The number of hydrogen-bond donors (Lipinski definition) is 3. The number of nitrogens with one attached hydrogen (secondary N) is 2. The van der Waals surface area contributed by atoms with Crippen molar-refractivity contribution in [1.29, 1.82) is 0 Å². The van der Waals surface area contributed by atoms with Crippen LogP contribution in [0.2, 0.25) is 0 Å². The quantitative estimate of drug-likeness (QED) is 0.741. The summed E-state index contributed by atoms with van der Waals surface area (Å²) in [5.41, 5.74) is 1.84. The summed E-state index contributed by atoms with van der Waals surface area (Å²) in [6, 6.07) is 5.60. The maximum absolute atomic E-state index is 11.7. The normalized spacial score (nSPS) is 19.2. The van der Waals surface area contributed by atoms with Gasteiger partial charge in [0.15, 0.2) is 5.78 Å². The first kappa shape index (κ1) is 12.2. The molecule has 18 heavy (non-hydrogen) atoms. The number of Topliss-reactive ketones (excluding diaryl/α,β-unsaturated/α-hetero) is 1. The van der Waals surface area contributed by atoms with Crippen molar-refractivity contribution in [1.82, 2.24) is 10.6 Å². The van der Waals surface area contributed by atoms with E-state index >= 15 is 0 Å².